The zero-order chi connectivity index (χ0) is 15.6. The molecule has 2 aromatic carbocycles. The van der Waals surface area contributed by atoms with Gasteiger partial charge in [0.1, 0.15) is 5.82 Å². The second-order valence-corrected chi connectivity index (χ2v) is 7.06. The number of halogens is 1. The molecule has 0 atom stereocenters. The van der Waals surface area contributed by atoms with Crippen molar-refractivity contribution in [2.24, 2.45) is 0 Å². The quantitative estimate of drug-likeness (QED) is 0.928. The maximum Gasteiger partial charge on any atom is 0.229 e. The van der Waals surface area contributed by atoms with Gasteiger partial charge in [-0.1, -0.05) is 38.1 Å². The van der Waals surface area contributed by atoms with Gasteiger partial charge in [-0.3, -0.25) is 4.72 Å². The largest absolute Gasteiger partial charge is 0.284 e. The first kappa shape index (κ1) is 15.5. The summed E-state index contributed by atoms with van der Waals surface area (Å²) in [5.41, 5.74) is 2.49. The van der Waals surface area contributed by atoms with Crippen LogP contribution in [0.4, 0.5) is 10.1 Å². The van der Waals surface area contributed by atoms with Crippen LogP contribution in [0.2, 0.25) is 0 Å². The third-order valence-corrected chi connectivity index (χ3v) is 3.73. The van der Waals surface area contributed by atoms with Crippen LogP contribution in [-0.2, 0) is 10.0 Å². The Hall–Kier alpha value is -1.88. The molecule has 0 bridgehead atoms. The predicted molar refractivity (Wildman–Crippen MR) is 84.4 cm³/mol. The van der Waals surface area contributed by atoms with Gasteiger partial charge >= 0.3 is 0 Å². The van der Waals surface area contributed by atoms with Crippen LogP contribution in [0, 0.1) is 5.82 Å². The fourth-order valence-electron chi connectivity index (χ4n) is 2.28. The van der Waals surface area contributed by atoms with E-state index in [4.69, 9.17) is 0 Å². The molecule has 0 aliphatic rings. The molecule has 0 heterocycles. The van der Waals surface area contributed by atoms with E-state index in [0.29, 0.717) is 16.8 Å². The number of hydrogen-bond donors (Lipinski definition) is 1. The van der Waals surface area contributed by atoms with Crippen molar-refractivity contribution in [1.29, 1.82) is 0 Å². The standard InChI is InChI=1S/C16H18FNO2S/c1-11(2)14-8-5-9-15(17)16(14)12-6-4-7-13(10-12)18-21(3,19)20/h4-11,18H,1-3H3. The summed E-state index contributed by atoms with van der Waals surface area (Å²) in [6, 6.07) is 11.8. The first-order valence-electron chi connectivity index (χ1n) is 6.64. The molecule has 112 valence electrons. The van der Waals surface area contributed by atoms with E-state index in [1.165, 1.54) is 6.07 Å². The van der Waals surface area contributed by atoms with Gasteiger partial charge in [-0.2, -0.15) is 0 Å². The van der Waals surface area contributed by atoms with Crippen molar-refractivity contribution in [1.82, 2.24) is 0 Å². The van der Waals surface area contributed by atoms with Gasteiger partial charge in [-0.25, -0.2) is 12.8 Å². The summed E-state index contributed by atoms with van der Waals surface area (Å²) in [6.07, 6.45) is 1.09. The summed E-state index contributed by atoms with van der Waals surface area (Å²) in [5, 5.41) is 0. The first-order valence-corrected chi connectivity index (χ1v) is 8.53. The Morgan fingerprint density at radius 3 is 2.38 bits per heavy atom. The van der Waals surface area contributed by atoms with Crippen LogP contribution in [0.15, 0.2) is 42.5 Å². The van der Waals surface area contributed by atoms with Gasteiger partial charge in [-0.05, 0) is 35.2 Å². The van der Waals surface area contributed by atoms with Gasteiger partial charge in [-0.15, -0.1) is 0 Å². The van der Waals surface area contributed by atoms with Gasteiger partial charge in [0.2, 0.25) is 10.0 Å². The third kappa shape index (κ3) is 3.82. The summed E-state index contributed by atoms with van der Waals surface area (Å²) < 4.78 is 39.2. The fraction of sp³-hybridized carbons (Fsp3) is 0.250. The molecule has 0 spiro atoms. The van der Waals surface area contributed by atoms with Gasteiger partial charge in [0.25, 0.3) is 0 Å². The number of benzene rings is 2. The van der Waals surface area contributed by atoms with Crippen LogP contribution in [0.1, 0.15) is 25.3 Å². The van der Waals surface area contributed by atoms with Crippen molar-refractivity contribution >= 4 is 15.7 Å². The lowest BCUT2D eigenvalue weighted by molar-refractivity contribution is 0.607. The molecular weight excluding hydrogens is 289 g/mol. The van der Waals surface area contributed by atoms with Crippen LogP contribution < -0.4 is 4.72 Å². The maximum atomic E-state index is 14.2. The molecule has 0 unspecified atom stereocenters. The minimum Gasteiger partial charge on any atom is -0.284 e. The Labute approximate surface area is 124 Å². The van der Waals surface area contributed by atoms with Crippen molar-refractivity contribution in [2.75, 3.05) is 11.0 Å². The summed E-state index contributed by atoms with van der Waals surface area (Å²) in [7, 11) is -3.36. The van der Waals surface area contributed by atoms with E-state index in [1.54, 1.807) is 30.3 Å². The van der Waals surface area contributed by atoms with Gasteiger partial charge in [0.05, 0.1) is 6.26 Å². The molecular formula is C16H18FNO2S. The number of nitrogens with one attached hydrogen (secondary N) is 1. The Morgan fingerprint density at radius 1 is 1.10 bits per heavy atom. The molecule has 1 N–H and O–H groups in total. The van der Waals surface area contributed by atoms with Crippen LogP contribution in [0.25, 0.3) is 11.1 Å². The summed E-state index contributed by atoms with van der Waals surface area (Å²) in [5.74, 6) is -0.139. The van der Waals surface area contributed by atoms with E-state index in [9.17, 15) is 12.8 Å². The molecule has 0 saturated carbocycles. The lowest BCUT2D eigenvalue weighted by atomic mass is 9.92. The minimum absolute atomic E-state index is 0.169. The van der Waals surface area contributed by atoms with E-state index in [-0.39, 0.29) is 11.7 Å². The normalized spacial score (nSPS) is 11.7. The molecule has 2 rings (SSSR count). The molecule has 0 aliphatic heterocycles. The molecule has 0 fully saturated rings. The monoisotopic (exact) mass is 307 g/mol. The Bertz CT molecular complexity index is 755. The lowest BCUT2D eigenvalue weighted by Crippen LogP contribution is -2.09. The predicted octanol–water partition coefficient (Wildman–Crippen LogP) is 3.99. The fourth-order valence-corrected chi connectivity index (χ4v) is 2.83. The lowest BCUT2D eigenvalue weighted by Gasteiger charge is -2.15. The number of anilines is 1. The molecule has 5 heteroatoms. The molecule has 0 saturated heterocycles. The highest BCUT2D eigenvalue weighted by Crippen LogP contribution is 2.32. The van der Waals surface area contributed by atoms with Crippen LogP contribution in [0.5, 0.6) is 0 Å². The van der Waals surface area contributed by atoms with Crippen molar-refractivity contribution in [3.8, 4) is 11.1 Å². The highest BCUT2D eigenvalue weighted by molar-refractivity contribution is 7.92. The van der Waals surface area contributed by atoms with Crippen molar-refractivity contribution in [3.63, 3.8) is 0 Å². The van der Waals surface area contributed by atoms with E-state index in [1.807, 2.05) is 19.9 Å². The molecule has 0 radical (unpaired) electrons. The van der Waals surface area contributed by atoms with Crippen LogP contribution >= 0.6 is 0 Å². The zero-order valence-electron chi connectivity index (χ0n) is 12.2. The van der Waals surface area contributed by atoms with Gasteiger partial charge < -0.3 is 0 Å². The van der Waals surface area contributed by atoms with Crippen LogP contribution in [-0.4, -0.2) is 14.7 Å². The Balaban J connectivity index is 2.55. The van der Waals surface area contributed by atoms with E-state index >= 15 is 0 Å². The second-order valence-electron chi connectivity index (χ2n) is 5.31. The summed E-state index contributed by atoms with van der Waals surface area (Å²) >= 11 is 0. The molecule has 0 aliphatic carbocycles. The average molecular weight is 307 g/mol. The van der Waals surface area contributed by atoms with Gasteiger partial charge in [0.15, 0.2) is 0 Å². The zero-order valence-corrected chi connectivity index (χ0v) is 13.0. The Morgan fingerprint density at radius 2 is 1.76 bits per heavy atom. The van der Waals surface area contributed by atoms with Crippen molar-refractivity contribution in [2.45, 2.75) is 19.8 Å². The molecule has 0 amide bonds. The summed E-state index contributed by atoms with van der Waals surface area (Å²) in [4.78, 5) is 0. The molecule has 3 nitrogen and oxygen atoms in total. The van der Waals surface area contributed by atoms with E-state index in [2.05, 4.69) is 4.72 Å². The van der Waals surface area contributed by atoms with Gasteiger partial charge in [0, 0.05) is 11.3 Å². The average Bonchev–Trinajstić information content (AvgIpc) is 2.36. The van der Waals surface area contributed by atoms with Crippen LogP contribution in [0.3, 0.4) is 0 Å². The number of hydrogen-bond acceptors (Lipinski definition) is 2. The topological polar surface area (TPSA) is 46.2 Å². The second kappa shape index (κ2) is 5.85. The minimum atomic E-state index is -3.36. The highest BCUT2D eigenvalue weighted by atomic mass is 32.2. The smallest absolute Gasteiger partial charge is 0.229 e. The molecule has 0 aromatic heterocycles. The number of sulfonamides is 1. The third-order valence-electron chi connectivity index (χ3n) is 3.12. The van der Waals surface area contributed by atoms with Crippen molar-refractivity contribution < 1.29 is 12.8 Å². The maximum absolute atomic E-state index is 14.2. The van der Waals surface area contributed by atoms with E-state index in [0.717, 1.165) is 11.8 Å². The molecule has 21 heavy (non-hydrogen) atoms. The van der Waals surface area contributed by atoms with E-state index < -0.39 is 10.0 Å². The summed E-state index contributed by atoms with van der Waals surface area (Å²) in [6.45, 7) is 3.99. The molecule has 2 aromatic rings. The van der Waals surface area contributed by atoms with Crippen molar-refractivity contribution in [3.05, 3.63) is 53.8 Å². The first-order chi connectivity index (χ1) is 9.78. The Kier molecular flexibility index (Phi) is 4.32. The SMILES string of the molecule is CC(C)c1cccc(F)c1-c1cccc(NS(C)(=O)=O)c1. The number of rotatable bonds is 4. The highest BCUT2D eigenvalue weighted by Gasteiger charge is 2.14.